The van der Waals surface area contributed by atoms with Gasteiger partial charge in [-0.15, -0.1) is 5.10 Å². The van der Waals surface area contributed by atoms with Gasteiger partial charge in [-0.1, -0.05) is 90.1 Å². The number of rotatable bonds is 7. The lowest BCUT2D eigenvalue weighted by Gasteiger charge is -2.16. The summed E-state index contributed by atoms with van der Waals surface area (Å²) in [6, 6.07) is 27.4. The molecule has 1 atom stereocenters. The molecule has 0 fully saturated rings. The van der Waals surface area contributed by atoms with Gasteiger partial charge in [0.2, 0.25) is 11.1 Å². The Morgan fingerprint density at radius 3 is 2.33 bits per heavy atom. The maximum Gasteiger partial charge on any atom is 0.242 e. The summed E-state index contributed by atoms with van der Waals surface area (Å²) < 4.78 is 1.72. The molecule has 0 saturated heterocycles. The maximum absolute atomic E-state index is 13.2. The summed E-state index contributed by atoms with van der Waals surface area (Å²) in [6.45, 7) is 2.55. The van der Waals surface area contributed by atoms with Crippen LogP contribution in [-0.4, -0.2) is 26.1 Å². The van der Waals surface area contributed by atoms with Gasteiger partial charge in [0.05, 0.1) is 6.54 Å². The third-order valence-electron chi connectivity index (χ3n) is 4.56. The molecule has 7 heteroatoms. The number of thioether (sulfide) groups is 1. The molecule has 0 aliphatic heterocycles. The fourth-order valence-corrected chi connectivity index (χ4v) is 3.96. The molecule has 0 aliphatic carbocycles. The number of nitrogens with one attached hydrogen (secondary N) is 1. The fourth-order valence-electron chi connectivity index (χ4n) is 2.99. The van der Waals surface area contributed by atoms with E-state index in [1.807, 2.05) is 91.9 Å². The smallest absolute Gasteiger partial charge is 0.242 e. The minimum atomic E-state index is -0.493. The van der Waals surface area contributed by atoms with Gasteiger partial charge in [0, 0.05) is 5.69 Å². The van der Waals surface area contributed by atoms with E-state index in [1.54, 1.807) is 4.68 Å². The molecule has 1 amide bonds. The van der Waals surface area contributed by atoms with Crippen LogP contribution in [0.2, 0.25) is 0 Å². The van der Waals surface area contributed by atoms with Crippen molar-refractivity contribution >= 4 is 23.4 Å². The zero-order valence-corrected chi connectivity index (χ0v) is 17.3. The highest BCUT2D eigenvalue weighted by molar-refractivity contribution is 8.00. The van der Waals surface area contributed by atoms with Crippen LogP contribution in [0.3, 0.4) is 0 Å². The Kier molecular flexibility index (Phi) is 6.20. The summed E-state index contributed by atoms with van der Waals surface area (Å²) in [5.74, 6) is -0.121. The largest absolute Gasteiger partial charge is 0.325 e. The Hall–Kier alpha value is -3.45. The predicted molar refractivity (Wildman–Crippen MR) is 118 cm³/mol. The van der Waals surface area contributed by atoms with Crippen molar-refractivity contribution in [3.05, 3.63) is 102 Å². The number of hydrogen-bond acceptors (Lipinski definition) is 5. The van der Waals surface area contributed by atoms with Crippen molar-refractivity contribution in [2.24, 2.45) is 0 Å². The van der Waals surface area contributed by atoms with Crippen molar-refractivity contribution in [2.75, 3.05) is 5.32 Å². The first-order chi connectivity index (χ1) is 14.7. The standard InChI is InChI=1S/C23H21N5OS/c1-17-12-14-20(15-13-17)24-22(29)21(19-10-6-3-7-11-19)30-23-25-26-27-28(23)16-18-8-4-2-5-9-18/h2-15,21H,16H2,1H3,(H,24,29). The van der Waals surface area contributed by atoms with Crippen molar-refractivity contribution in [3.63, 3.8) is 0 Å². The molecule has 1 N–H and O–H groups in total. The Morgan fingerprint density at radius 2 is 1.63 bits per heavy atom. The first kappa shape index (κ1) is 19.8. The molecule has 1 aromatic heterocycles. The number of anilines is 1. The highest BCUT2D eigenvalue weighted by Gasteiger charge is 2.25. The van der Waals surface area contributed by atoms with E-state index in [4.69, 9.17) is 0 Å². The lowest BCUT2D eigenvalue weighted by Crippen LogP contribution is -2.19. The van der Waals surface area contributed by atoms with E-state index in [9.17, 15) is 4.79 Å². The zero-order chi connectivity index (χ0) is 20.8. The number of aromatic nitrogens is 4. The molecule has 0 bridgehead atoms. The number of carbonyl (C=O) groups excluding carboxylic acids is 1. The van der Waals surface area contributed by atoms with Gasteiger partial charge in [-0.2, -0.15) is 0 Å². The molecule has 1 heterocycles. The first-order valence-corrected chi connectivity index (χ1v) is 10.5. The lowest BCUT2D eigenvalue weighted by atomic mass is 10.1. The van der Waals surface area contributed by atoms with Crippen molar-refractivity contribution < 1.29 is 4.79 Å². The highest BCUT2D eigenvalue weighted by Crippen LogP contribution is 2.35. The first-order valence-electron chi connectivity index (χ1n) is 9.58. The van der Waals surface area contributed by atoms with Gasteiger partial charge in [-0.25, -0.2) is 4.68 Å². The summed E-state index contributed by atoms with van der Waals surface area (Å²) >= 11 is 1.34. The van der Waals surface area contributed by atoms with E-state index in [0.717, 1.165) is 22.4 Å². The van der Waals surface area contributed by atoms with Gasteiger partial charge in [0.25, 0.3) is 0 Å². The molecule has 4 aromatic rings. The third-order valence-corrected chi connectivity index (χ3v) is 5.78. The molecule has 30 heavy (non-hydrogen) atoms. The van der Waals surface area contributed by atoms with Crippen LogP contribution in [0.5, 0.6) is 0 Å². The van der Waals surface area contributed by atoms with E-state index < -0.39 is 5.25 Å². The van der Waals surface area contributed by atoms with Crippen molar-refractivity contribution in [1.82, 2.24) is 20.2 Å². The number of benzene rings is 3. The van der Waals surface area contributed by atoms with Crippen LogP contribution in [0.4, 0.5) is 5.69 Å². The van der Waals surface area contributed by atoms with Crippen LogP contribution < -0.4 is 5.32 Å². The quantitative estimate of drug-likeness (QED) is 0.450. The Balaban J connectivity index is 1.58. The molecule has 3 aromatic carbocycles. The SMILES string of the molecule is Cc1ccc(NC(=O)C(Sc2nnnn2Cc2ccccc2)c2ccccc2)cc1. The van der Waals surface area contributed by atoms with Crippen LogP contribution in [0, 0.1) is 6.92 Å². The van der Waals surface area contributed by atoms with E-state index in [-0.39, 0.29) is 5.91 Å². The Labute approximate surface area is 179 Å². The van der Waals surface area contributed by atoms with Crippen LogP contribution in [0.25, 0.3) is 0 Å². The van der Waals surface area contributed by atoms with Gasteiger partial charge in [-0.3, -0.25) is 4.79 Å². The molecule has 0 spiro atoms. The van der Waals surface area contributed by atoms with Crippen molar-refractivity contribution in [1.29, 1.82) is 0 Å². The average Bonchev–Trinajstić information content (AvgIpc) is 3.21. The molecule has 6 nitrogen and oxygen atoms in total. The zero-order valence-electron chi connectivity index (χ0n) is 16.5. The monoisotopic (exact) mass is 415 g/mol. The second-order valence-corrected chi connectivity index (χ2v) is 7.94. The van der Waals surface area contributed by atoms with E-state index in [0.29, 0.717) is 11.7 Å². The highest BCUT2D eigenvalue weighted by atomic mass is 32.2. The molecule has 1 unspecified atom stereocenters. The van der Waals surface area contributed by atoms with Crippen LogP contribution >= 0.6 is 11.8 Å². The number of tetrazole rings is 1. The number of carbonyl (C=O) groups is 1. The minimum Gasteiger partial charge on any atom is -0.325 e. The summed E-state index contributed by atoms with van der Waals surface area (Å²) in [5.41, 5.74) is 3.88. The maximum atomic E-state index is 13.2. The summed E-state index contributed by atoms with van der Waals surface area (Å²) in [5, 5.41) is 15.2. The minimum absolute atomic E-state index is 0.121. The number of amides is 1. The van der Waals surface area contributed by atoms with E-state index >= 15 is 0 Å². The van der Waals surface area contributed by atoms with Gasteiger partial charge in [0.15, 0.2) is 0 Å². The van der Waals surface area contributed by atoms with Gasteiger partial charge < -0.3 is 5.32 Å². The van der Waals surface area contributed by atoms with Gasteiger partial charge in [-0.05, 0) is 40.6 Å². The van der Waals surface area contributed by atoms with E-state index in [1.165, 1.54) is 11.8 Å². The second-order valence-electron chi connectivity index (χ2n) is 6.87. The second kappa shape index (κ2) is 9.37. The number of hydrogen-bond donors (Lipinski definition) is 1. The third kappa shape index (κ3) is 4.93. The Morgan fingerprint density at radius 1 is 0.967 bits per heavy atom. The lowest BCUT2D eigenvalue weighted by molar-refractivity contribution is -0.115. The number of aryl methyl sites for hydroxylation is 1. The molecular formula is C23H21N5OS. The average molecular weight is 416 g/mol. The predicted octanol–water partition coefficient (Wildman–Crippen LogP) is 4.50. The topological polar surface area (TPSA) is 72.7 Å². The molecule has 0 radical (unpaired) electrons. The molecular weight excluding hydrogens is 394 g/mol. The summed E-state index contributed by atoms with van der Waals surface area (Å²) in [6.07, 6.45) is 0. The number of nitrogens with zero attached hydrogens (tertiary/aromatic N) is 4. The normalized spacial score (nSPS) is 11.8. The fraction of sp³-hybridized carbons (Fsp3) is 0.130. The van der Waals surface area contributed by atoms with Crippen molar-refractivity contribution in [3.8, 4) is 0 Å². The molecule has 0 aliphatic rings. The van der Waals surface area contributed by atoms with Crippen LogP contribution in [0.1, 0.15) is 21.9 Å². The van der Waals surface area contributed by atoms with Crippen LogP contribution in [-0.2, 0) is 11.3 Å². The molecule has 150 valence electrons. The molecule has 0 saturated carbocycles. The van der Waals surface area contributed by atoms with Gasteiger partial charge >= 0.3 is 0 Å². The van der Waals surface area contributed by atoms with E-state index in [2.05, 4.69) is 20.8 Å². The van der Waals surface area contributed by atoms with Gasteiger partial charge in [0.1, 0.15) is 5.25 Å². The van der Waals surface area contributed by atoms with Crippen LogP contribution in [0.15, 0.2) is 90.1 Å². The Bertz CT molecular complexity index is 1100. The molecule has 4 rings (SSSR count). The summed E-state index contributed by atoms with van der Waals surface area (Å²) in [7, 11) is 0. The summed E-state index contributed by atoms with van der Waals surface area (Å²) in [4.78, 5) is 13.2. The van der Waals surface area contributed by atoms with Crippen molar-refractivity contribution in [2.45, 2.75) is 23.9 Å².